The molecule has 1 aromatic heterocycles. The first kappa shape index (κ1) is 25.2. The van der Waals surface area contributed by atoms with Gasteiger partial charge in [-0.15, -0.1) is 24.0 Å². The van der Waals surface area contributed by atoms with Crippen molar-refractivity contribution < 1.29 is 9.84 Å². The summed E-state index contributed by atoms with van der Waals surface area (Å²) in [5.74, 6) is 1.47. The molecule has 8 heteroatoms. The van der Waals surface area contributed by atoms with Crippen molar-refractivity contribution >= 4 is 29.9 Å². The van der Waals surface area contributed by atoms with Crippen LogP contribution in [0.2, 0.25) is 0 Å². The molecule has 29 heavy (non-hydrogen) atoms. The lowest BCUT2D eigenvalue weighted by atomic mass is 10.1. The zero-order valence-corrected chi connectivity index (χ0v) is 20.5. The van der Waals surface area contributed by atoms with Crippen LogP contribution in [0.25, 0.3) is 0 Å². The van der Waals surface area contributed by atoms with E-state index in [-0.39, 0.29) is 30.1 Å². The highest BCUT2D eigenvalue weighted by molar-refractivity contribution is 14.0. The Morgan fingerprint density at radius 2 is 1.86 bits per heavy atom. The van der Waals surface area contributed by atoms with Gasteiger partial charge in [-0.3, -0.25) is 4.68 Å². The zero-order chi connectivity index (χ0) is 20.7. The number of aromatic nitrogens is 2. The molecule has 162 valence electrons. The standard InChI is InChI=1S/C21H33N5O2.HI/c1-7-22-21(23-12-19-15(4)25-26(6)16(19)5)24-13-20(27)17-8-10-18(11-9-17)28-14(2)3;/h8-11,14,20,27H,7,12-13H2,1-6H3,(H2,22,23,24);1H. The molecule has 0 amide bonds. The van der Waals surface area contributed by atoms with Gasteiger partial charge in [-0.2, -0.15) is 5.10 Å². The van der Waals surface area contributed by atoms with E-state index in [1.807, 2.05) is 70.6 Å². The third-order valence-electron chi connectivity index (χ3n) is 4.50. The van der Waals surface area contributed by atoms with Gasteiger partial charge in [-0.05, 0) is 52.3 Å². The van der Waals surface area contributed by atoms with E-state index in [1.165, 1.54) is 0 Å². The molecule has 7 nitrogen and oxygen atoms in total. The SMILES string of the molecule is CCNC(=NCc1c(C)nn(C)c1C)NCC(O)c1ccc(OC(C)C)cc1.I. The number of benzene rings is 1. The van der Waals surface area contributed by atoms with Crippen LogP contribution in [0.15, 0.2) is 29.3 Å². The smallest absolute Gasteiger partial charge is 0.191 e. The fraction of sp³-hybridized carbons (Fsp3) is 0.524. The molecule has 0 fully saturated rings. The number of hydrogen-bond donors (Lipinski definition) is 3. The predicted molar refractivity (Wildman–Crippen MR) is 128 cm³/mol. The first-order valence-electron chi connectivity index (χ1n) is 9.77. The third-order valence-corrected chi connectivity index (χ3v) is 4.50. The highest BCUT2D eigenvalue weighted by Gasteiger charge is 2.11. The number of halogens is 1. The average molecular weight is 515 g/mol. The summed E-state index contributed by atoms with van der Waals surface area (Å²) in [6.45, 7) is 11.7. The fourth-order valence-corrected chi connectivity index (χ4v) is 2.90. The van der Waals surface area contributed by atoms with Gasteiger partial charge in [0.15, 0.2) is 5.96 Å². The summed E-state index contributed by atoms with van der Waals surface area (Å²) in [7, 11) is 1.94. The minimum Gasteiger partial charge on any atom is -0.491 e. The Labute approximate surface area is 191 Å². The van der Waals surface area contributed by atoms with Crippen LogP contribution in [0.1, 0.15) is 49.4 Å². The second-order valence-corrected chi connectivity index (χ2v) is 7.10. The summed E-state index contributed by atoms with van der Waals surface area (Å²) in [4.78, 5) is 4.64. The van der Waals surface area contributed by atoms with Crippen LogP contribution in [-0.2, 0) is 13.6 Å². The Morgan fingerprint density at radius 1 is 1.21 bits per heavy atom. The normalized spacial score (nSPS) is 12.5. The highest BCUT2D eigenvalue weighted by Crippen LogP contribution is 2.18. The van der Waals surface area contributed by atoms with Crippen LogP contribution >= 0.6 is 24.0 Å². The lowest BCUT2D eigenvalue weighted by Gasteiger charge is -2.16. The second-order valence-electron chi connectivity index (χ2n) is 7.10. The summed E-state index contributed by atoms with van der Waals surface area (Å²) in [6.07, 6.45) is -0.512. The maximum atomic E-state index is 10.5. The van der Waals surface area contributed by atoms with Gasteiger partial charge in [0.2, 0.25) is 0 Å². The summed E-state index contributed by atoms with van der Waals surface area (Å²) in [5.41, 5.74) is 4.06. The zero-order valence-electron chi connectivity index (χ0n) is 18.2. The minimum atomic E-state index is -0.640. The van der Waals surface area contributed by atoms with Gasteiger partial charge in [0.25, 0.3) is 0 Å². The molecule has 0 aliphatic rings. The first-order chi connectivity index (χ1) is 13.3. The van der Waals surface area contributed by atoms with Crippen LogP contribution in [0, 0.1) is 13.8 Å². The maximum Gasteiger partial charge on any atom is 0.191 e. The van der Waals surface area contributed by atoms with E-state index >= 15 is 0 Å². The van der Waals surface area contributed by atoms with Gasteiger partial charge in [0.1, 0.15) is 5.75 Å². The number of nitrogens with zero attached hydrogens (tertiary/aromatic N) is 3. The van der Waals surface area contributed by atoms with Crippen molar-refractivity contribution in [1.29, 1.82) is 0 Å². The summed E-state index contributed by atoms with van der Waals surface area (Å²) >= 11 is 0. The van der Waals surface area contributed by atoms with Gasteiger partial charge in [-0.1, -0.05) is 12.1 Å². The molecule has 0 saturated heterocycles. The van der Waals surface area contributed by atoms with E-state index < -0.39 is 6.10 Å². The number of aryl methyl sites for hydroxylation is 2. The van der Waals surface area contributed by atoms with Crippen LogP contribution in [0.3, 0.4) is 0 Å². The molecule has 2 rings (SSSR count). The van der Waals surface area contributed by atoms with Crippen molar-refractivity contribution in [3.8, 4) is 5.75 Å². The molecule has 0 bridgehead atoms. The van der Waals surface area contributed by atoms with Crippen molar-refractivity contribution in [2.45, 2.75) is 53.4 Å². The quantitative estimate of drug-likeness (QED) is 0.286. The molecule has 1 heterocycles. The molecule has 0 radical (unpaired) electrons. The highest BCUT2D eigenvalue weighted by atomic mass is 127. The van der Waals surface area contributed by atoms with Gasteiger partial charge in [0, 0.05) is 31.4 Å². The number of ether oxygens (including phenoxy) is 1. The Kier molecular flexibility index (Phi) is 10.5. The van der Waals surface area contributed by atoms with Crippen LogP contribution in [0.5, 0.6) is 5.75 Å². The van der Waals surface area contributed by atoms with E-state index in [2.05, 4.69) is 20.7 Å². The molecule has 1 unspecified atom stereocenters. The van der Waals surface area contributed by atoms with Crippen molar-refractivity contribution in [1.82, 2.24) is 20.4 Å². The van der Waals surface area contributed by atoms with Gasteiger partial charge < -0.3 is 20.5 Å². The lowest BCUT2D eigenvalue weighted by molar-refractivity contribution is 0.180. The molecular weight excluding hydrogens is 481 g/mol. The Balaban J connectivity index is 0.00000420. The minimum absolute atomic E-state index is 0. The number of aliphatic hydroxyl groups is 1. The van der Waals surface area contributed by atoms with Crippen molar-refractivity contribution in [2.75, 3.05) is 13.1 Å². The average Bonchev–Trinajstić information content (AvgIpc) is 2.89. The molecule has 3 N–H and O–H groups in total. The van der Waals surface area contributed by atoms with E-state index in [1.54, 1.807) is 0 Å². The molecule has 2 aromatic rings. The summed E-state index contributed by atoms with van der Waals surface area (Å²) in [6, 6.07) is 7.53. The summed E-state index contributed by atoms with van der Waals surface area (Å²) in [5, 5.41) is 21.3. The predicted octanol–water partition coefficient (Wildman–Crippen LogP) is 3.23. The lowest BCUT2D eigenvalue weighted by Crippen LogP contribution is -2.39. The first-order valence-corrected chi connectivity index (χ1v) is 9.77. The van der Waals surface area contributed by atoms with E-state index in [9.17, 15) is 5.11 Å². The monoisotopic (exact) mass is 515 g/mol. The molecule has 0 saturated carbocycles. The molecule has 1 atom stereocenters. The largest absolute Gasteiger partial charge is 0.491 e. The number of aliphatic imine (C=N–C) groups is 1. The number of guanidine groups is 1. The van der Waals surface area contributed by atoms with Crippen LogP contribution in [-0.4, -0.2) is 40.0 Å². The van der Waals surface area contributed by atoms with E-state index in [0.29, 0.717) is 19.0 Å². The Morgan fingerprint density at radius 3 is 2.38 bits per heavy atom. The van der Waals surface area contributed by atoms with Gasteiger partial charge in [-0.25, -0.2) is 4.99 Å². The molecule has 0 aliphatic heterocycles. The topological polar surface area (TPSA) is 83.7 Å². The Hall–Kier alpha value is -1.81. The molecular formula is C21H34IN5O2. The third kappa shape index (κ3) is 7.50. The maximum absolute atomic E-state index is 10.5. The van der Waals surface area contributed by atoms with Crippen LogP contribution in [0.4, 0.5) is 0 Å². The number of rotatable bonds is 8. The van der Waals surface area contributed by atoms with Crippen molar-refractivity contribution in [3.05, 3.63) is 46.8 Å². The van der Waals surface area contributed by atoms with E-state index in [4.69, 9.17) is 4.74 Å². The van der Waals surface area contributed by atoms with Crippen molar-refractivity contribution in [3.63, 3.8) is 0 Å². The van der Waals surface area contributed by atoms with Crippen LogP contribution < -0.4 is 15.4 Å². The molecule has 1 aromatic carbocycles. The summed E-state index contributed by atoms with van der Waals surface area (Å²) < 4.78 is 7.51. The molecule has 0 spiro atoms. The van der Waals surface area contributed by atoms with Gasteiger partial charge >= 0.3 is 0 Å². The van der Waals surface area contributed by atoms with Crippen molar-refractivity contribution in [2.24, 2.45) is 12.0 Å². The molecule has 0 aliphatic carbocycles. The van der Waals surface area contributed by atoms with E-state index in [0.717, 1.165) is 34.8 Å². The number of hydrogen-bond acceptors (Lipinski definition) is 4. The Bertz CT molecular complexity index is 787. The second kappa shape index (κ2) is 12.0. The number of aliphatic hydroxyl groups excluding tert-OH is 1. The van der Waals surface area contributed by atoms with Gasteiger partial charge in [0.05, 0.1) is 24.4 Å². The number of nitrogens with one attached hydrogen (secondary N) is 2. The fourth-order valence-electron chi connectivity index (χ4n) is 2.90.